The number of halogens is 3. The summed E-state index contributed by atoms with van der Waals surface area (Å²) < 4.78 is 38.1. The maximum absolute atomic E-state index is 12.7. The number of piperidine rings is 1. The quantitative estimate of drug-likeness (QED) is 0.915. The molecule has 0 radical (unpaired) electrons. The zero-order valence-electron chi connectivity index (χ0n) is 12.6. The van der Waals surface area contributed by atoms with Gasteiger partial charge in [-0.2, -0.15) is 13.2 Å². The van der Waals surface area contributed by atoms with Crippen LogP contribution in [0.1, 0.15) is 43.2 Å². The van der Waals surface area contributed by atoms with Gasteiger partial charge in [-0.1, -0.05) is 13.8 Å². The summed E-state index contributed by atoms with van der Waals surface area (Å²) in [6, 6.07) is 0. The lowest BCUT2D eigenvalue weighted by Gasteiger charge is -2.32. The van der Waals surface area contributed by atoms with Crippen molar-refractivity contribution in [2.24, 2.45) is 5.92 Å². The van der Waals surface area contributed by atoms with Crippen molar-refractivity contribution in [3.8, 4) is 0 Å². The Balaban J connectivity index is 2.08. The minimum absolute atomic E-state index is 0.168. The average molecular weight is 321 g/mol. The summed E-state index contributed by atoms with van der Waals surface area (Å²) in [6.07, 6.45) is -3.72. The van der Waals surface area contributed by atoms with Gasteiger partial charge >= 0.3 is 6.18 Å². The third-order valence-electron chi connectivity index (χ3n) is 3.83. The Kier molecular flexibility index (Phi) is 5.14. The predicted octanol–water partition coefficient (Wildman–Crippen LogP) is 3.76. The van der Waals surface area contributed by atoms with Crippen molar-refractivity contribution in [3.05, 3.63) is 10.6 Å². The zero-order valence-corrected chi connectivity index (χ0v) is 13.4. The summed E-state index contributed by atoms with van der Waals surface area (Å²) >= 11 is 1.60. The van der Waals surface area contributed by atoms with Crippen LogP contribution >= 0.6 is 11.3 Å². The number of thiazole rings is 1. The second kappa shape index (κ2) is 6.52. The van der Waals surface area contributed by atoms with Crippen molar-refractivity contribution in [3.63, 3.8) is 0 Å². The van der Waals surface area contributed by atoms with E-state index in [0.29, 0.717) is 19.0 Å². The van der Waals surface area contributed by atoms with E-state index in [4.69, 9.17) is 0 Å². The Morgan fingerprint density at radius 1 is 1.33 bits per heavy atom. The lowest BCUT2D eigenvalue weighted by molar-refractivity contribution is -0.179. The summed E-state index contributed by atoms with van der Waals surface area (Å²) in [7, 11) is 1.89. The molecular formula is C14H22F3N3S. The number of rotatable bonds is 4. The van der Waals surface area contributed by atoms with Gasteiger partial charge in [0.05, 0.1) is 11.6 Å². The van der Waals surface area contributed by atoms with Crippen molar-refractivity contribution >= 4 is 16.5 Å². The van der Waals surface area contributed by atoms with E-state index in [1.165, 1.54) is 4.88 Å². The second-order valence-corrected chi connectivity index (χ2v) is 6.85. The Bertz CT molecular complexity index is 463. The minimum Gasteiger partial charge on any atom is -0.348 e. The summed E-state index contributed by atoms with van der Waals surface area (Å²) in [5.41, 5.74) is 1.06. The standard InChI is InChI=1S/C14H22F3N3S/c1-9(2)12-11(8-18-3)21-13(19-12)20-6-4-10(5-7-20)14(15,16)17/h9-10,18H,4-8H2,1-3H3. The third-order valence-corrected chi connectivity index (χ3v) is 4.96. The molecule has 1 aromatic rings. The molecule has 7 heteroatoms. The van der Waals surface area contributed by atoms with Gasteiger partial charge in [-0.05, 0) is 25.8 Å². The van der Waals surface area contributed by atoms with E-state index < -0.39 is 12.1 Å². The van der Waals surface area contributed by atoms with Crippen LogP contribution in [0.4, 0.5) is 18.3 Å². The normalized spacial score (nSPS) is 17.8. The van der Waals surface area contributed by atoms with Gasteiger partial charge in [0, 0.05) is 24.5 Å². The fraction of sp³-hybridized carbons (Fsp3) is 0.786. The molecule has 0 amide bonds. The number of hydrogen-bond donors (Lipinski definition) is 1. The molecule has 1 aromatic heterocycles. The van der Waals surface area contributed by atoms with Crippen molar-refractivity contribution in [1.29, 1.82) is 0 Å². The lowest BCUT2D eigenvalue weighted by atomic mass is 9.97. The zero-order chi connectivity index (χ0) is 15.6. The highest BCUT2D eigenvalue weighted by atomic mass is 32.1. The SMILES string of the molecule is CNCc1sc(N2CCC(C(F)(F)F)CC2)nc1C(C)C. The fourth-order valence-corrected chi connectivity index (χ4v) is 3.90. The van der Waals surface area contributed by atoms with Crippen LogP contribution in [0, 0.1) is 5.92 Å². The molecule has 1 fully saturated rings. The summed E-state index contributed by atoms with van der Waals surface area (Å²) in [6.45, 7) is 5.81. The first-order valence-corrected chi connectivity index (χ1v) is 8.10. The highest BCUT2D eigenvalue weighted by molar-refractivity contribution is 7.15. The Labute approximate surface area is 127 Å². The van der Waals surface area contributed by atoms with Crippen molar-refractivity contribution < 1.29 is 13.2 Å². The topological polar surface area (TPSA) is 28.2 Å². The molecule has 0 spiro atoms. The second-order valence-electron chi connectivity index (χ2n) is 5.79. The minimum atomic E-state index is -4.06. The molecule has 2 rings (SSSR count). The first-order chi connectivity index (χ1) is 9.82. The van der Waals surface area contributed by atoms with Gasteiger partial charge in [0.25, 0.3) is 0 Å². The maximum Gasteiger partial charge on any atom is 0.391 e. The largest absolute Gasteiger partial charge is 0.391 e. The Morgan fingerprint density at radius 3 is 2.43 bits per heavy atom. The first-order valence-electron chi connectivity index (χ1n) is 7.28. The number of alkyl halides is 3. The third kappa shape index (κ3) is 3.88. The Hall–Kier alpha value is -0.820. The molecule has 0 unspecified atom stereocenters. The van der Waals surface area contributed by atoms with Crippen LogP contribution in [0.2, 0.25) is 0 Å². The molecule has 0 saturated carbocycles. The van der Waals surface area contributed by atoms with E-state index in [2.05, 4.69) is 24.1 Å². The molecule has 0 aromatic carbocycles. The lowest BCUT2D eigenvalue weighted by Crippen LogP contribution is -2.38. The van der Waals surface area contributed by atoms with Crippen LogP contribution in [0.15, 0.2) is 0 Å². The van der Waals surface area contributed by atoms with Crippen molar-refractivity contribution in [2.75, 3.05) is 25.0 Å². The summed E-state index contributed by atoms with van der Waals surface area (Å²) in [4.78, 5) is 7.84. The van der Waals surface area contributed by atoms with Gasteiger partial charge in [-0.3, -0.25) is 0 Å². The average Bonchev–Trinajstić information content (AvgIpc) is 2.82. The van der Waals surface area contributed by atoms with E-state index in [0.717, 1.165) is 17.4 Å². The van der Waals surface area contributed by atoms with Crippen LogP contribution < -0.4 is 10.2 Å². The molecule has 3 nitrogen and oxygen atoms in total. The van der Waals surface area contributed by atoms with Crippen LogP contribution in [-0.4, -0.2) is 31.3 Å². The number of nitrogens with zero attached hydrogens (tertiary/aromatic N) is 2. The molecule has 120 valence electrons. The number of nitrogens with one attached hydrogen (secondary N) is 1. The van der Waals surface area contributed by atoms with Gasteiger partial charge in [0.1, 0.15) is 0 Å². The van der Waals surface area contributed by atoms with E-state index in [1.807, 2.05) is 11.9 Å². The summed E-state index contributed by atoms with van der Waals surface area (Å²) in [5.74, 6) is -0.832. The van der Waals surface area contributed by atoms with Crippen LogP contribution in [0.3, 0.4) is 0 Å². The van der Waals surface area contributed by atoms with E-state index in [9.17, 15) is 13.2 Å². The maximum atomic E-state index is 12.7. The highest BCUT2D eigenvalue weighted by Crippen LogP contribution is 2.37. The Morgan fingerprint density at radius 2 is 1.95 bits per heavy atom. The molecule has 21 heavy (non-hydrogen) atoms. The number of hydrogen-bond acceptors (Lipinski definition) is 4. The highest BCUT2D eigenvalue weighted by Gasteiger charge is 2.41. The van der Waals surface area contributed by atoms with Gasteiger partial charge < -0.3 is 10.2 Å². The van der Waals surface area contributed by atoms with E-state index in [1.54, 1.807) is 11.3 Å². The molecule has 0 atom stereocenters. The molecular weight excluding hydrogens is 299 g/mol. The number of aromatic nitrogens is 1. The van der Waals surface area contributed by atoms with Crippen LogP contribution in [-0.2, 0) is 6.54 Å². The van der Waals surface area contributed by atoms with E-state index >= 15 is 0 Å². The summed E-state index contributed by atoms with van der Waals surface area (Å²) in [5, 5.41) is 3.99. The van der Waals surface area contributed by atoms with Gasteiger partial charge in [-0.25, -0.2) is 4.98 Å². The smallest absolute Gasteiger partial charge is 0.348 e. The fourth-order valence-electron chi connectivity index (χ4n) is 2.62. The van der Waals surface area contributed by atoms with Crippen molar-refractivity contribution in [1.82, 2.24) is 10.3 Å². The molecule has 1 saturated heterocycles. The monoisotopic (exact) mass is 321 g/mol. The van der Waals surface area contributed by atoms with E-state index in [-0.39, 0.29) is 12.8 Å². The molecule has 0 bridgehead atoms. The van der Waals surface area contributed by atoms with Crippen molar-refractivity contribution in [2.45, 2.75) is 45.3 Å². The molecule has 0 aliphatic carbocycles. The first kappa shape index (κ1) is 16.5. The van der Waals surface area contributed by atoms with Crippen LogP contribution in [0.25, 0.3) is 0 Å². The van der Waals surface area contributed by atoms with Gasteiger partial charge in [0.15, 0.2) is 5.13 Å². The number of anilines is 1. The molecule has 1 aliphatic heterocycles. The predicted molar refractivity (Wildman–Crippen MR) is 80.0 cm³/mol. The van der Waals surface area contributed by atoms with Gasteiger partial charge in [-0.15, -0.1) is 11.3 Å². The molecule has 1 aliphatic rings. The molecule has 1 N–H and O–H groups in total. The molecule has 2 heterocycles. The van der Waals surface area contributed by atoms with Crippen LogP contribution in [0.5, 0.6) is 0 Å². The van der Waals surface area contributed by atoms with Gasteiger partial charge in [0.2, 0.25) is 0 Å².